The molecule has 1 aliphatic heterocycles. The lowest BCUT2D eigenvalue weighted by Crippen LogP contribution is -2.29. The Kier molecular flexibility index (Phi) is 3.36. The number of anilines is 2. The standard InChI is InChI=1S/C12H16F3N3/c1-2-8-4-3-5-18(8)10-6-11(12(13,14)15)17-7-9(10)16/h6-8H,2-5,16H2,1H3. The van der Waals surface area contributed by atoms with Gasteiger partial charge in [-0.15, -0.1) is 0 Å². The first-order chi connectivity index (χ1) is 8.43. The summed E-state index contributed by atoms with van der Waals surface area (Å²) in [6.07, 6.45) is -0.433. The fraction of sp³-hybridized carbons (Fsp3) is 0.583. The van der Waals surface area contributed by atoms with Crippen LogP contribution < -0.4 is 10.6 Å². The molecular weight excluding hydrogens is 243 g/mol. The number of hydrogen-bond acceptors (Lipinski definition) is 3. The maximum absolute atomic E-state index is 12.6. The highest BCUT2D eigenvalue weighted by Gasteiger charge is 2.34. The Labute approximate surface area is 104 Å². The zero-order valence-electron chi connectivity index (χ0n) is 10.2. The summed E-state index contributed by atoms with van der Waals surface area (Å²) in [6.45, 7) is 2.79. The first-order valence-electron chi connectivity index (χ1n) is 6.03. The minimum atomic E-state index is -4.43. The molecule has 2 heterocycles. The fourth-order valence-corrected chi connectivity index (χ4v) is 2.44. The second kappa shape index (κ2) is 4.66. The summed E-state index contributed by atoms with van der Waals surface area (Å²) in [5.74, 6) is 0. The summed E-state index contributed by atoms with van der Waals surface area (Å²) in [5, 5.41) is 0. The minimum Gasteiger partial charge on any atom is -0.396 e. The Morgan fingerprint density at radius 3 is 2.83 bits per heavy atom. The fourth-order valence-electron chi connectivity index (χ4n) is 2.44. The molecule has 0 aliphatic carbocycles. The molecule has 1 aromatic heterocycles. The molecular formula is C12H16F3N3. The van der Waals surface area contributed by atoms with Gasteiger partial charge in [-0.05, 0) is 25.3 Å². The van der Waals surface area contributed by atoms with Crippen LogP contribution in [-0.2, 0) is 6.18 Å². The zero-order valence-corrected chi connectivity index (χ0v) is 10.2. The molecule has 0 bridgehead atoms. The van der Waals surface area contributed by atoms with E-state index in [1.54, 1.807) is 0 Å². The molecule has 1 fully saturated rings. The Hall–Kier alpha value is -1.46. The molecule has 1 unspecified atom stereocenters. The molecule has 100 valence electrons. The van der Waals surface area contributed by atoms with Crippen LogP contribution in [-0.4, -0.2) is 17.6 Å². The summed E-state index contributed by atoms with van der Waals surface area (Å²) in [6, 6.07) is 1.33. The van der Waals surface area contributed by atoms with Crippen LogP contribution in [0, 0.1) is 0 Å². The molecule has 1 saturated heterocycles. The summed E-state index contributed by atoms with van der Waals surface area (Å²) in [4.78, 5) is 5.32. The van der Waals surface area contributed by atoms with Crippen molar-refractivity contribution in [2.45, 2.75) is 38.4 Å². The molecule has 1 aromatic rings. The predicted molar refractivity (Wildman–Crippen MR) is 64.3 cm³/mol. The third-order valence-electron chi connectivity index (χ3n) is 3.36. The van der Waals surface area contributed by atoms with Crippen molar-refractivity contribution in [1.29, 1.82) is 0 Å². The van der Waals surface area contributed by atoms with E-state index in [-0.39, 0.29) is 6.04 Å². The summed E-state index contributed by atoms with van der Waals surface area (Å²) < 4.78 is 37.9. The molecule has 1 atom stereocenters. The number of nitrogen functional groups attached to an aromatic ring is 1. The van der Waals surface area contributed by atoms with E-state index in [9.17, 15) is 13.2 Å². The van der Waals surface area contributed by atoms with Crippen molar-refractivity contribution in [3.63, 3.8) is 0 Å². The van der Waals surface area contributed by atoms with Crippen molar-refractivity contribution in [2.75, 3.05) is 17.2 Å². The van der Waals surface area contributed by atoms with Crippen molar-refractivity contribution < 1.29 is 13.2 Å². The monoisotopic (exact) mass is 259 g/mol. The van der Waals surface area contributed by atoms with Gasteiger partial charge in [0.2, 0.25) is 0 Å². The average Bonchev–Trinajstić information content (AvgIpc) is 2.76. The van der Waals surface area contributed by atoms with Crippen LogP contribution in [0.4, 0.5) is 24.5 Å². The lowest BCUT2D eigenvalue weighted by molar-refractivity contribution is -0.141. The number of rotatable bonds is 2. The van der Waals surface area contributed by atoms with Gasteiger partial charge < -0.3 is 10.6 Å². The summed E-state index contributed by atoms with van der Waals surface area (Å²) >= 11 is 0. The molecule has 1 aliphatic rings. The predicted octanol–water partition coefficient (Wildman–Crippen LogP) is 3.06. The van der Waals surface area contributed by atoms with E-state index in [0.29, 0.717) is 11.4 Å². The van der Waals surface area contributed by atoms with Crippen LogP contribution in [0.15, 0.2) is 12.3 Å². The van der Waals surface area contributed by atoms with E-state index >= 15 is 0 Å². The van der Waals surface area contributed by atoms with Gasteiger partial charge in [-0.2, -0.15) is 13.2 Å². The number of hydrogen-bond donors (Lipinski definition) is 1. The van der Waals surface area contributed by atoms with E-state index in [0.717, 1.165) is 38.1 Å². The minimum absolute atomic E-state index is 0.274. The van der Waals surface area contributed by atoms with Gasteiger partial charge in [-0.1, -0.05) is 6.92 Å². The Morgan fingerprint density at radius 2 is 2.22 bits per heavy atom. The van der Waals surface area contributed by atoms with Gasteiger partial charge in [0.25, 0.3) is 0 Å². The molecule has 0 radical (unpaired) electrons. The molecule has 0 amide bonds. The lowest BCUT2D eigenvalue weighted by Gasteiger charge is -2.27. The van der Waals surface area contributed by atoms with E-state index in [1.165, 1.54) is 0 Å². The molecule has 6 heteroatoms. The van der Waals surface area contributed by atoms with Crippen molar-refractivity contribution in [1.82, 2.24) is 4.98 Å². The van der Waals surface area contributed by atoms with Crippen LogP contribution in [0.2, 0.25) is 0 Å². The zero-order chi connectivity index (χ0) is 13.3. The Bertz CT molecular complexity index is 431. The van der Waals surface area contributed by atoms with E-state index in [2.05, 4.69) is 4.98 Å². The van der Waals surface area contributed by atoms with Crippen LogP contribution in [0.1, 0.15) is 31.9 Å². The molecule has 18 heavy (non-hydrogen) atoms. The third kappa shape index (κ3) is 2.37. The molecule has 2 rings (SSSR count). The molecule has 0 aromatic carbocycles. The van der Waals surface area contributed by atoms with Crippen molar-refractivity contribution >= 4 is 11.4 Å². The third-order valence-corrected chi connectivity index (χ3v) is 3.36. The average molecular weight is 259 g/mol. The molecule has 0 saturated carbocycles. The van der Waals surface area contributed by atoms with Gasteiger partial charge in [0.1, 0.15) is 5.69 Å². The van der Waals surface area contributed by atoms with E-state index in [1.807, 2.05) is 11.8 Å². The van der Waals surface area contributed by atoms with Gasteiger partial charge in [-0.3, -0.25) is 0 Å². The first-order valence-corrected chi connectivity index (χ1v) is 6.03. The quantitative estimate of drug-likeness (QED) is 0.887. The maximum Gasteiger partial charge on any atom is 0.433 e. The highest BCUT2D eigenvalue weighted by atomic mass is 19.4. The smallest absolute Gasteiger partial charge is 0.396 e. The normalized spacial score (nSPS) is 20.4. The number of aromatic nitrogens is 1. The second-order valence-electron chi connectivity index (χ2n) is 4.52. The Morgan fingerprint density at radius 1 is 1.50 bits per heavy atom. The van der Waals surface area contributed by atoms with Crippen LogP contribution in [0.3, 0.4) is 0 Å². The largest absolute Gasteiger partial charge is 0.433 e. The molecule has 2 N–H and O–H groups in total. The van der Waals surface area contributed by atoms with Crippen molar-refractivity contribution in [3.05, 3.63) is 18.0 Å². The SMILES string of the molecule is CCC1CCCN1c1cc(C(F)(F)F)ncc1N. The van der Waals surface area contributed by atoms with Gasteiger partial charge >= 0.3 is 6.18 Å². The maximum atomic E-state index is 12.6. The number of halogens is 3. The number of alkyl halides is 3. The molecule has 3 nitrogen and oxygen atoms in total. The number of nitrogens with zero attached hydrogens (tertiary/aromatic N) is 2. The summed E-state index contributed by atoms with van der Waals surface area (Å²) in [7, 11) is 0. The Balaban J connectivity index is 2.37. The van der Waals surface area contributed by atoms with Gasteiger partial charge in [0.15, 0.2) is 0 Å². The molecule has 0 spiro atoms. The van der Waals surface area contributed by atoms with E-state index < -0.39 is 11.9 Å². The van der Waals surface area contributed by atoms with Crippen LogP contribution in [0.5, 0.6) is 0 Å². The van der Waals surface area contributed by atoms with Gasteiger partial charge in [-0.25, -0.2) is 4.98 Å². The van der Waals surface area contributed by atoms with Crippen LogP contribution in [0.25, 0.3) is 0 Å². The van der Waals surface area contributed by atoms with E-state index in [4.69, 9.17) is 5.73 Å². The summed E-state index contributed by atoms with van der Waals surface area (Å²) in [5.41, 5.74) is 5.65. The second-order valence-corrected chi connectivity index (χ2v) is 4.52. The van der Waals surface area contributed by atoms with Gasteiger partial charge in [0.05, 0.1) is 17.6 Å². The topological polar surface area (TPSA) is 42.2 Å². The van der Waals surface area contributed by atoms with Crippen molar-refractivity contribution in [3.8, 4) is 0 Å². The number of nitrogens with two attached hydrogens (primary N) is 1. The number of pyridine rings is 1. The highest BCUT2D eigenvalue weighted by molar-refractivity contribution is 5.68. The highest BCUT2D eigenvalue weighted by Crippen LogP contribution is 2.36. The first kappa shape index (κ1) is 13.0. The lowest BCUT2D eigenvalue weighted by atomic mass is 10.1. The van der Waals surface area contributed by atoms with Crippen molar-refractivity contribution in [2.24, 2.45) is 0 Å². The van der Waals surface area contributed by atoms with Crippen LogP contribution >= 0.6 is 0 Å². The van der Waals surface area contributed by atoms with Gasteiger partial charge in [0, 0.05) is 12.6 Å².